The molecule has 0 saturated carbocycles. The number of nitrogens with two attached hydrogens (primary N) is 1. The lowest BCUT2D eigenvalue weighted by molar-refractivity contribution is 0.309. The third-order valence-corrected chi connectivity index (χ3v) is 4.23. The Labute approximate surface area is 117 Å². The molecule has 2 rings (SSSR count). The fraction of sp³-hybridized carbons (Fsp3) is 0.167. The van der Waals surface area contributed by atoms with Crippen LogP contribution in [0.25, 0.3) is 0 Å². The van der Waals surface area contributed by atoms with Gasteiger partial charge in [-0.2, -0.15) is 0 Å². The Bertz CT molecular complexity index is 515. The van der Waals surface area contributed by atoms with Crippen LogP contribution >= 0.6 is 38.9 Å². The van der Waals surface area contributed by atoms with Crippen LogP contribution in [0.5, 0.6) is 5.75 Å². The molecule has 0 aliphatic rings. The van der Waals surface area contributed by atoms with E-state index in [1.165, 1.54) is 11.3 Å². The second kappa shape index (κ2) is 5.87. The third kappa shape index (κ3) is 3.45. The fourth-order valence-electron chi connectivity index (χ4n) is 1.38. The van der Waals surface area contributed by atoms with E-state index in [2.05, 4.69) is 15.9 Å². The van der Waals surface area contributed by atoms with Gasteiger partial charge in [0.05, 0.1) is 4.34 Å². The molecule has 90 valence electrons. The highest BCUT2D eigenvalue weighted by Gasteiger charge is 2.03. The van der Waals surface area contributed by atoms with E-state index in [4.69, 9.17) is 22.1 Å². The summed E-state index contributed by atoms with van der Waals surface area (Å²) in [4.78, 5) is 1.10. The van der Waals surface area contributed by atoms with Crippen LogP contribution < -0.4 is 10.5 Å². The molecule has 0 spiro atoms. The predicted molar refractivity (Wildman–Crippen MR) is 75.7 cm³/mol. The van der Waals surface area contributed by atoms with Crippen molar-refractivity contribution >= 4 is 38.9 Å². The fourth-order valence-corrected chi connectivity index (χ4v) is 2.79. The van der Waals surface area contributed by atoms with E-state index in [1.807, 2.05) is 30.3 Å². The molecule has 2 nitrogen and oxygen atoms in total. The molecule has 1 aromatic carbocycles. The summed E-state index contributed by atoms with van der Waals surface area (Å²) in [5.41, 5.74) is 6.66. The molecule has 0 amide bonds. The molecule has 1 heterocycles. The van der Waals surface area contributed by atoms with Gasteiger partial charge in [-0.25, -0.2) is 0 Å². The largest absolute Gasteiger partial charge is 0.488 e. The molecule has 0 radical (unpaired) electrons. The molecule has 0 unspecified atom stereocenters. The van der Waals surface area contributed by atoms with Crippen molar-refractivity contribution in [2.24, 2.45) is 5.73 Å². The summed E-state index contributed by atoms with van der Waals surface area (Å²) < 4.78 is 7.46. The van der Waals surface area contributed by atoms with Crippen LogP contribution in [0.1, 0.15) is 10.4 Å². The number of hydrogen-bond donors (Lipinski definition) is 1. The number of rotatable bonds is 4. The van der Waals surface area contributed by atoms with Gasteiger partial charge in [-0.1, -0.05) is 27.5 Å². The minimum absolute atomic E-state index is 0.489. The van der Waals surface area contributed by atoms with Gasteiger partial charge in [0.15, 0.2) is 0 Å². The van der Waals surface area contributed by atoms with E-state index in [1.54, 1.807) is 0 Å². The van der Waals surface area contributed by atoms with E-state index in [-0.39, 0.29) is 0 Å². The average molecular weight is 333 g/mol. The van der Waals surface area contributed by atoms with Gasteiger partial charge < -0.3 is 10.5 Å². The van der Waals surface area contributed by atoms with Crippen molar-refractivity contribution in [2.45, 2.75) is 13.2 Å². The van der Waals surface area contributed by atoms with Gasteiger partial charge in [-0.3, -0.25) is 0 Å². The summed E-state index contributed by atoms with van der Waals surface area (Å²) in [7, 11) is 0. The van der Waals surface area contributed by atoms with Crippen molar-refractivity contribution in [3.8, 4) is 5.75 Å². The molecule has 2 N–H and O–H groups in total. The lowest BCUT2D eigenvalue weighted by Crippen LogP contribution is -1.99. The number of thiophene rings is 1. The van der Waals surface area contributed by atoms with E-state index in [9.17, 15) is 0 Å². The van der Waals surface area contributed by atoms with Gasteiger partial charge in [0, 0.05) is 15.9 Å². The number of benzene rings is 1. The van der Waals surface area contributed by atoms with E-state index >= 15 is 0 Å². The molecule has 5 heteroatoms. The quantitative estimate of drug-likeness (QED) is 0.910. The monoisotopic (exact) mass is 331 g/mol. The highest BCUT2D eigenvalue weighted by atomic mass is 79.9. The van der Waals surface area contributed by atoms with Crippen LogP contribution in [0.15, 0.2) is 34.8 Å². The first-order valence-electron chi connectivity index (χ1n) is 5.04. The molecule has 17 heavy (non-hydrogen) atoms. The molecular formula is C12H11BrClNOS. The first-order valence-corrected chi connectivity index (χ1v) is 7.03. The minimum atomic E-state index is 0.489. The van der Waals surface area contributed by atoms with Crippen LogP contribution in [0.4, 0.5) is 0 Å². The average Bonchev–Trinajstić information content (AvgIpc) is 2.74. The van der Waals surface area contributed by atoms with Gasteiger partial charge in [0.1, 0.15) is 12.4 Å². The summed E-state index contributed by atoms with van der Waals surface area (Å²) >= 11 is 10.8. The number of ether oxygens (including phenoxy) is 1. The van der Waals surface area contributed by atoms with Crippen LogP contribution in [-0.2, 0) is 13.2 Å². The van der Waals surface area contributed by atoms with Crippen molar-refractivity contribution < 1.29 is 4.74 Å². The van der Waals surface area contributed by atoms with Crippen molar-refractivity contribution in [1.82, 2.24) is 0 Å². The molecule has 0 aliphatic heterocycles. The predicted octanol–water partition coefficient (Wildman–Crippen LogP) is 4.20. The summed E-state index contributed by atoms with van der Waals surface area (Å²) in [5, 5.41) is 0. The van der Waals surface area contributed by atoms with Crippen molar-refractivity contribution in [3.05, 3.63) is 49.6 Å². The SMILES string of the molecule is NCc1cc(OCc2ccc(Cl)s2)ccc1Br. The maximum Gasteiger partial charge on any atom is 0.122 e. The van der Waals surface area contributed by atoms with Crippen LogP contribution in [0.2, 0.25) is 4.34 Å². The van der Waals surface area contributed by atoms with Gasteiger partial charge in [-0.05, 0) is 35.9 Å². The van der Waals surface area contributed by atoms with E-state index < -0.39 is 0 Å². The van der Waals surface area contributed by atoms with Crippen LogP contribution in [0, 0.1) is 0 Å². The lowest BCUT2D eigenvalue weighted by Gasteiger charge is -2.07. The van der Waals surface area contributed by atoms with Gasteiger partial charge >= 0.3 is 0 Å². The summed E-state index contributed by atoms with van der Waals surface area (Å²) in [5.74, 6) is 0.818. The molecule has 2 aromatic rings. The first kappa shape index (κ1) is 12.9. The zero-order valence-corrected chi connectivity index (χ0v) is 12.1. The minimum Gasteiger partial charge on any atom is -0.488 e. The maximum atomic E-state index is 5.85. The molecule has 1 aromatic heterocycles. The third-order valence-electron chi connectivity index (χ3n) is 2.25. The molecule has 0 fully saturated rings. The van der Waals surface area contributed by atoms with Gasteiger partial charge in [0.2, 0.25) is 0 Å². The number of halogens is 2. The molecule has 0 bridgehead atoms. The van der Waals surface area contributed by atoms with E-state index in [0.717, 1.165) is 25.0 Å². The molecule has 0 saturated heterocycles. The Morgan fingerprint density at radius 1 is 1.29 bits per heavy atom. The number of hydrogen-bond acceptors (Lipinski definition) is 3. The standard InChI is InChI=1S/C12H11BrClNOS/c13-11-3-1-9(5-8(11)6-15)16-7-10-2-4-12(14)17-10/h1-5H,6-7,15H2. The first-order chi connectivity index (χ1) is 8.19. The van der Waals surface area contributed by atoms with Crippen LogP contribution in [0.3, 0.4) is 0 Å². The normalized spacial score (nSPS) is 10.5. The summed E-state index contributed by atoms with van der Waals surface area (Å²) in [6.45, 7) is 1.02. The molecular weight excluding hydrogens is 322 g/mol. The van der Waals surface area contributed by atoms with Crippen molar-refractivity contribution in [1.29, 1.82) is 0 Å². The zero-order chi connectivity index (χ0) is 12.3. The maximum absolute atomic E-state index is 5.85. The Morgan fingerprint density at radius 3 is 2.76 bits per heavy atom. The van der Waals surface area contributed by atoms with Crippen LogP contribution in [-0.4, -0.2) is 0 Å². The van der Waals surface area contributed by atoms with Crippen molar-refractivity contribution in [2.75, 3.05) is 0 Å². The summed E-state index contributed by atoms with van der Waals surface area (Å²) in [6, 6.07) is 9.64. The second-order valence-corrected chi connectivity index (χ2v) is 6.11. The Hall–Kier alpha value is -0.550. The Kier molecular flexibility index (Phi) is 4.45. The van der Waals surface area contributed by atoms with Crippen molar-refractivity contribution in [3.63, 3.8) is 0 Å². The molecule has 0 aliphatic carbocycles. The highest BCUT2D eigenvalue weighted by Crippen LogP contribution is 2.25. The second-order valence-electron chi connectivity index (χ2n) is 3.45. The highest BCUT2D eigenvalue weighted by molar-refractivity contribution is 9.10. The Balaban J connectivity index is 2.04. The zero-order valence-electron chi connectivity index (χ0n) is 8.95. The lowest BCUT2D eigenvalue weighted by atomic mass is 10.2. The van der Waals surface area contributed by atoms with Gasteiger partial charge in [-0.15, -0.1) is 11.3 Å². The molecule has 0 atom stereocenters. The summed E-state index contributed by atoms with van der Waals surface area (Å²) in [6.07, 6.45) is 0. The van der Waals surface area contributed by atoms with Gasteiger partial charge in [0.25, 0.3) is 0 Å². The van der Waals surface area contributed by atoms with E-state index in [0.29, 0.717) is 13.2 Å². The Morgan fingerprint density at radius 2 is 2.12 bits per heavy atom. The smallest absolute Gasteiger partial charge is 0.122 e. The topological polar surface area (TPSA) is 35.2 Å².